The van der Waals surface area contributed by atoms with E-state index in [0.717, 1.165) is 0 Å². The van der Waals surface area contributed by atoms with E-state index >= 15 is 0 Å². The monoisotopic (exact) mass is 257 g/mol. The van der Waals surface area contributed by atoms with Gasteiger partial charge in [0.05, 0.1) is 0 Å². The van der Waals surface area contributed by atoms with Crippen LogP contribution in [-0.2, 0) is 14.4 Å². The Labute approximate surface area is 105 Å². The quantitative estimate of drug-likeness (QED) is 0.566. The summed E-state index contributed by atoms with van der Waals surface area (Å²) in [5.74, 6) is -2.95. The molecule has 0 unspecified atom stereocenters. The Bertz CT molecular complexity index is 363. The second-order valence-electron chi connectivity index (χ2n) is 3.58. The number of aliphatic carboxylic acids is 1. The zero-order valence-electron chi connectivity index (χ0n) is 9.77. The summed E-state index contributed by atoms with van der Waals surface area (Å²) in [6.45, 7) is 9.61. The van der Waals surface area contributed by atoms with Gasteiger partial charge in [0.15, 0.2) is 0 Å². The van der Waals surface area contributed by atoms with E-state index in [1.807, 2.05) is 0 Å². The van der Waals surface area contributed by atoms with Crippen molar-refractivity contribution in [3.05, 3.63) is 24.3 Å². The van der Waals surface area contributed by atoms with Crippen molar-refractivity contribution in [2.45, 2.75) is 19.9 Å². The number of thiol groups is 1. The fourth-order valence-electron chi connectivity index (χ4n) is 1.06. The number of imide groups is 1. The van der Waals surface area contributed by atoms with Gasteiger partial charge in [-0.05, 0) is 13.8 Å². The predicted molar refractivity (Wildman–Crippen MR) is 66.8 cm³/mol. The molecule has 1 atom stereocenters. The minimum absolute atomic E-state index is 0.0765. The molecular weight excluding hydrogens is 242 g/mol. The summed E-state index contributed by atoms with van der Waals surface area (Å²) < 4.78 is 0. The lowest BCUT2D eigenvalue weighted by molar-refractivity contribution is -0.154. The van der Waals surface area contributed by atoms with E-state index in [1.54, 1.807) is 0 Å². The summed E-state index contributed by atoms with van der Waals surface area (Å²) in [7, 11) is 0. The van der Waals surface area contributed by atoms with E-state index in [4.69, 9.17) is 5.11 Å². The van der Waals surface area contributed by atoms with Crippen molar-refractivity contribution in [2.75, 3.05) is 5.75 Å². The molecule has 1 N–H and O–H groups in total. The molecule has 0 aliphatic carbocycles. The highest BCUT2D eigenvalue weighted by molar-refractivity contribution is 7.80. The van der Waals surface area contributed by atoms with Crippen molar-refractivity contribution in [3.8, 4) is 0 Å². The van der Waals surface area contributed by atoms with Crippen molar-refractivity contribution < 1.29 is 19.5 Å². The SMILES string of the molecule is C=C(C)C(=O)N(C(=O)C(=C)C)[C@@H](CS)C(=O)O. The third kappa shape index (κ3) is 3.74. The lowest BCUT2D eigenvalue weighted by atomic mass is 10.1. The molecule has 0 radical (unpaired) electrons. The number of carboxylic acid groups (broad SMARTS) is 1. The van der Waals surface area contributed by atoms with Crippen LogP contribution >= 0.6 is 12.6 Å². The lowest BCUT2D eigenvalue weighted by Gasteiger charge is -2.26. The van der Waals surface area contributed by atoms with Crippen LogP contribution in [0.2, 0.25) is 0 Å². The van der Waals surface area contributed by atoms with E-state index in [9.17, 15) is 14.4 Å². The van der Waals surface area contributed by atoms with Crippen LogP contribution in [0.15, 0.2) is 24.3 Å². The van der Waals surface area contributed by atoms with Crippen LogP contribution < -0.4 is 0 Å². The average Bonchev–Trinajstić information content (AvgIpc) is 2.22. The Morgan fingerprint density at radius 3 is 1.71 bits per heavy atom. The van der Waals surface area contributed by atoms with Gasteiger partial charge in [-0.25, -0.2) is 4.79 Å². The van der Waals surface area contributed by atoms with Crippen LogP contribution in [0.1, 0.15) is 13.8 Å². The number of carboxylic acids is 1. The Balaban J connectivity index is 5.45. The molecule has 0 saturated heterocycles. The summed E-state index contributed by atoms with van der Waals surface area (Å²) in [5, 5.41) is 8.95. The fourth-order valence-corrected chi connectivity index (χ4v) is 1.38. The molecule has 0 aliphatic heterocycles. The molecule has 0 aromatic heterocycles. The predicted octanol–water partition coefficient (Wildman–Crippen LogP) is 0.877. The van der Waals surface area contributed by atoms with Crippen LogP contribution in [0.25, 0.3) is 0 Å². The minimum Gasteiger partial charge on any atom is -0.480 e. The molecular formula is C11H15NO4S. The van der Waals surface area contributed by atoms with E-state index in [-0.39, 0.29) is 16.9 Å². The van der Waals surface area contributed by atoms with Gasteiger partial charge in [0.2, 0.25) is 0 Å². The van der Waals surface area contributed by atoms with Crippen LogP contribution in [0.3, 0.4) is 0 Å². The Kier molecular flexibility index (Phi) is 5.67. The third-order valence-electron chi connectivity index (χ3n) is 1.94. The maximum atomic E-state index is 11.8. The van der Waals surface area contributed by atoms with Gasteiger partial charge in [0, 0.05) is 16.9 Å². The number of amides is 2. The third-order valence-corrected chi connectivity index (χ3v) is 2.28. The van der Waals surface area contributed by atoms with E-state index in [1.165, 1.54) is 13.8 Å². The number of rotatable bonds is 5. The summed E-state index contributed by atoms with van der Waals surface area (Å²) in [4.78, 5) is 35.1. The first kappa shape index (κ1) is 15.4. The standard InChI is InChI=1S/C11H15NO4S/c1-6(2)9(13)12(10(14)7(3)4)8(5-17)11(15)16/h8,17H,1,3,5H2,2,4H3,(H,15,16)/t8-/m0/s1. The number of hydrogen-bond acceptors (Lipinski definition) is 4. The molecule has 6 heteroatoms. The summed E-state index contributed by atoms with van der Waals surface area (Å²) >= 11 is 3.83. The molecule has 0 aromatic rings. The zero-order valence-corrected chi connectivity index (χ0v) is 10.7. The Morgan fingerprint density at radius 1 is 1.18 bits per heavy atom. The van der Waals surface area contributed by atoms with Gasteiger partial charge in [-0.1, -0.05) is 13.2 Å². The molecule has 0 aliphatic rings. The average molecular weight is 257 g/mol. The van der Waals surface area contributed by atoms with Crippen LogP contribution in [0, 0.1) is 0 Å². The molecule has 0 rings (SSSR count). The number of nitrogens with zero attached hydrogens (tertiary/aromatic N) is 1. The van der Waals surface area contributed by atoms with Gasteiger partial charge >= 0.3 is 5.97 Å². The first-order chi connectivity index (χ1) is 7.73. The van der Waals surface area contributed by atoms with Gasteiger partial charge in [-0.2, -0.15) is 12.6 Å². The Morgan fingerprint density at radius 2 is 1.53 bits per heavy atom. The van der Waals surface area contributed by atoms with E-state index in [0.29, 0.717) is 4.90 Å². The van der Waals surface area contributed by atoms with Crippen LogP contribution in [0.5, 0.6) is 0 Å². The maximum absolute atomic E-state index is 11.8. The highest BCUT2D eigenvalue weighted by atomic mass is 32.1. The minimum atomic E-state index is -1.33. The van der Waals surface area contributed by atoms with Crippen LogP contribution in [-0.4, -0.2) is 39.6 Å². The van der Waals surface area contributed by atoms with E-state index < -0.39 is 23.8 Å². The second kappa shape index (κ2) is 6.24. The summed E-state index contributed by atoms with van der Waals surface area (Å²) in [6, 6.07) is -1.33. The molecule has 0 fully saturated rings. The highest BCUT2D eigenvalue weighted by Crippen LogP contribution is 2.11. The molecule has 0 heterocycles. The van der Waals surface area contributed by atoms with Gasteiger partial charge in [-0.3, -0.25) is 14.5 Å². The van der Waals surface area contributed by atoms with Crippen molar-refractivity contribution in [1.29, 1.82) is 0 Å². The molecule has 94 valence electrons. The van der Waals surface area contributed by atoms with Gasteiger partial charge in [-0.15, -0.1) is 0 Å². The van der Waals surface area contributed by atoms with Crippen molar-refractivity contribution in [2.24, 2.45) is 0 Å². The Hall–Kier alpha value is -1.56. The first-order valence-corrected chi connectivity index (χ1v) is 5.39. The highest BCUT2D eigenvalue weighted by Gasteiger charge is 2.34. The van der Waals surface area contributed by atoms with Crippen molar-refractivity contribution >= 4 is 30.4 Å². The molecule has 17 heavy (non-hydrogen) atoms. The topological polar surface area (TPSA) is 74.7 Å². The largest absolute Gasteiger partial charge is 0.480 e. The van der Waals surface area contributed by atoms with Gasteiger partial charge in [0.25, 0.3) is 11.8 Å². The number of carbonyl (C=O) groups is 3. The molecule has 0 bridgehead atoms. The molecule has 2 amide bonds. The van der Waals surface area contributed by atoms with Crippen LogP contribution in [0.4, 0.5) is 0 Å². The molecule has 0 saturated carbocycles. The van der Waals surface area contributed by atoms with Crippen molar-refractivity contribution in [1.82, 2.24) is 4.90 Å². The normalized spacial score (nSPS) is 11.5. The molecule has 5 nitrogen and oxygen atoms in total. The summed E-state index contributed by atoms with van der Waals surface area (Å²) in [5.41, 5.74) is 0.153. The number of carbonyl (C=O) groups excluding carboxylic acids is 2. The van der Waals surface area contributed by atoms with Gasteiger partial charge < -0.3 is 5.11 Å². The number of hydrogen-bond donors (Lipinski definition) is 2. The fraction of sp³-hybridized carbons (Fsp3) is 0.364. The first-order valence-electron chi connectivity index (χ1n) is 4.76. The van der Waals surface area contributed by atoms with E-state index in [2.05, 4.69) is 25.8 Å². The molecule has 0 spiro atoms. The zero-order chi connectivity index (χ0) is 13.7. The second-order valence-corrected chi connectivity index (χ2v) is 3.94. The summed E-state index contributed by atoms with van der Waals surface area (Å²) in [6.07, 6.45) is 0. The molecule has 0 aromatic carbocycles. The maximum Gasteiger partial charge on any atom is 0.327 e. The van der Waals surface area contributed by atoms with Gasteiger partial charge in [0.1, 0.15) is 6.04 Å². The lowest BCUT2D eigenvalue weighted by Crippen LogP contribution is -2.50. The van der Waals surface area contributed by atoms with Crippen molar-refractivity contribution in [3.63, 3.8) is 0 Å². The smallest absolute Gasteiger partial charge is 0.327 e.